The Morgan fingerprint density at radius 2 is 1.66 bits per heavy atom. The molecular weight excluding hydrogens is 434 g/mol. The van der Waals surface area contributed by atoms with Crippen LogP contribution in [0.4, 0.5) is 0 Å². The average Bonchev–Trinajstić information content (AvgIpc) is 3.37. The lowest BCUT2D eigenvalue weighted by atomic mass is 10.1. The highest BCUT2D eigenvalue weighted by Crippen LogP contribution is 2.22. The molecule has 162 valence electrons. The number of hydrogen-bond donors (Lipinski definition) is 0. The van der Waals surface area contributed by atoms with E-state index in [1.54, 1.807) is 31.4 Å². The van der Waals surface area contributed by atoms with Crippen LogP contribution in [0, 0.1) is 13.8 Å². The molecule has 2 aromatic heterocycles. The van der Waals surface area contributed by atoms with Crippen molar-refractivity contribution in [3.05, 3.63) is 64.2 Å². The van der Waals surface area contributed by atoms with Gasteiger partial charge in [-0.25, -0.2) is 0 Å². The molecule has 0 fully saturated rings. The number of ether oxygens (including phenoxy) is 1. The van der Waals surface area contributed by atoms with E-state index >= 15 is 0 Å². The summed E-state index contributed by atoms with van der Waals surface area (Å²) in [5.41, 5.74) is 0.947. The monoisotopic (exact) mass is 450 g/mol. The van der Waals surface area contributed by atoms with Crippen molar-refractivity contribution in [1.29, 1.82) is 0 Å². The van der Waals surface area contributed by atoms with E-state index in [2.05, 4.69) is 15.2 Å². The van der Waals surface area contributed by atoms with Crippen molar-refractivity contribution >= 4 is 23.3 Å². The van der Waals surface area contributed by atoms with Crippen LogP contribution < -0.4 is 19.7 Å². The Balaban J connectivity index is 1.95. The van der Waals surface area contributed by atoms with Crippen LogP contribution in [-0.2, 0) is 0 Å². The topological polar surface area (TPSA) is 137 Å². The Hall–Kier alpha value is -4.12. The summed E-state index contributed by atoms with van der Waals surface area (Å²) in [6, 6.07) is 10.5. The molecule has 4 aromatic rings. The molecule has 0 spiro atoms. The van der Waals surface area contributed by atoms with E-state index < -0.39 is 11.9 Å². The van der Waals surface area contributed by atoms with Gasteiger partial charge in [0.15, 0.2) is 0 Å². The molecule has 0 aliphatic heterocycles. The molecule has 0 saturated heterocycles. The van der Waals surface area contributed by atoms with Crippen LogP contribution in [0.1, 0.15) is 31.3 Å². The summed E-state index contributed by atoms with van der Waals surface area (Å²) in [5.74, 6) is -2.09. The summed E-state index contributed by atoms with van der Waals surface area (Å²) >= 11 is 1.36. The maximum Gasteiger partial charge on any atom is 0.364 e. The van der Waals surface area contributed by atoms with Crippen molar-refractivity contribution < 1.29 is 29.3 Å². The molecule has 0 saturated carbocycles. The van der Waals surface area contributed by atoms with E-state index in [-0.39, 0.29) is 16.8 Å². The van der Waals surface area contributed by atoms with Crippen LogP contribution in [0.3, 0.4) is 0 Å². The van der Waals surface area contributed by atoms with Gasteiger partial charge in [-0.05, 0) is 71.0 Å². The van der Waals surface area contributed by atoms with Gasteiger partial charge in [0, 0.05) is 26.7 Å². The van der Waals surface area contributed by atoms with E-state index in [1.807, 2.05) is 13.8 Å². The lowest BCUT2D eigenvalue weighted by molar-refractivity contribution is -0.734. The molecule has 2 aromatic carbocycles. The van der Waals surface area contributed by atoms with Crippen molar-refractivity contribution in [2.24, 2.45) is 0 Å². The first-order valence-electron chi connectivity index (χ1n) is 9.33. The van der Waals surface area contributed by atoms with Crippen LogP contribution in [0.25, 0.3) is 22.2 Å². The summed E-state index contributed by atoms with van der Waals surface area (Å²) in [6.45, 7) is 3.76. The number of hydrogen-bond acceptors (Lipinski definition) is 9. The van der Waals surface area contributed by atoms with Gasteiger partial charge < -0.3 is 24.5 Å². The second-order valence-electron chi connectivity index (χ2n) is 6.81. The number of carbonyl (C=O) groups excluding carboxylic acids is 2. The maximum atomic E-state index is 11.5. The first kappa shape index (κ1) is 21.1. The standard InChI is InChI=1S/C21H17N5O5S/c1-11-12(2)32-21(22-11)26-24-18(13-4-6-17(31-3)7-5-13)23-25(26)16-9-14(19(27)28)8-15(10-16)20(29)30/h4-10H,1-3H3,(H-,27,28,29,30)/p-1. The normalized spacial score (nSPS) is 10.8. The minimum atomic E-state index is -1.53. The third-order valence-electron chi connectivity index (χ3n) is 4.71. The smallest absolute Gasteiger partial charge is 0.364 e. The summed E-state index contributed by atoms with van der Waals surface area (Å²) < 4.78 is 5.18. The van der Waals surface area contributed by atoms with Gasteiger partial charge >= 0.3 is 5.13 Å². The van der Waals surface area contributed by atoms with E-state index in [0.717, 1.165) is 16.6 Å². The number of thiazole rings is 1. The van der Waals surface area contributed by atoms with E-state index in [0.29, 0.717) is 22.3 Å². The van der Waals surface area contributed by atoms with Gasteiger partial charge in [0.1, 0.15) is 17.1 Å². The molecule has 2 heterocycles. The Labute approximate surface area is 186 Å². The maximum absolute atomic E-state index is 11.5. The highest BCUT2D eigenvalue weighted by molar-refractivity contribution is 7.13. The quantitative estimate of drug-likeness (QED) is 0.375. The number of aryl methyl sites for hydroxylation is 2. The number of methoxy groups -OCH3 is 1. The van der Waals surface area contributed by atoms with Crippen LogP contribution in [0.2, 0.25) is 0 Å². The second-order valence-corrected chi connectivity index (χ2v) is 7.99. The fourth-order valence-corrected chi connectivity index (χ4v) is 3.78. The minimum Gasteiger partial charge on any atom is -0.545 e. The Morgan fingerprint density at radius 3 is 2.16 bits per heavy atom. The molecule has 0 bridgehead atoms. The Kier molecular flexibility index (Phi) is 5.41. The number of aromatic nitrogens is 5. The van der Waals surface area contributed by atoms with E-state index in [1.165, 1.54) is 33.1 Å². The van der Waals surface area contributed by atoms with Gasteiger partial charge in [-0.2, -0.15) is 0 Å². The number of carboxylic acid groups (broad SMARTS) is 2. The predicted molar refractivity (Wildman–Crippen MR) is 109 cm³/mol. The highest BCUT2D eigenvalue weighted by Gasteiger charge is 2.25. The number of carboxylic acids is 2. The third-order valence-corrected chi connectivity index (χ3v) is 5.75. The number of tetrazole rings is 1. The fourth-order valence-electron chi connectivity index (χ4n) is 2.93. The highest BCUT2D eigenvalue weighted by atomic mass is 32.1. The van der Waals surface area contributed by atoms with Gasteiger partial charge in [-0.15, -0.1) is 0 Å². The largest absolute Gasteiger partial charge is 0.545 e. The molecular formula is C21H16N5O5S-. The molecule has 0 atom stereocenters. The first-order chi connectivity index (χ1) is 15.3. The van der Waals surface area contributed by atoms with Crippen LogP contribution >= 0.6 is 11.3 Å². The molecule has 0 amide bonds. The van der Waals surface area contributed by atoms with Gasteiger partial charge in [0.05, 0.1) is 19.0 Å². The van der Waals surface area contributed by atoms with Gasteiger partial charge in [-0.1, -0.05) is 16.3 Å². The molecule has 0 N–H and O–H groups in total. The van der Waals surface area contributed by atoms with Crippen LogP contribution in [-0.4, -0.2) is 39.0 Å². The van der Waals surface area contributed by atoms with E-state index in [9.17, 15) is 19.8 Å². The zero-order valence-electron chi connectivity index (χ0n) is 17.2. The zero-order chi connectivity index (χ0) is 23.0. The molecule has 0 radical (unpaired) electrons. The molecule has 0 aliphatic rings. The number of benzene rings is 2. The molecule has 11 heteroatoms. The minimum absolute atomic E-state index is 0.142. The molecule has 0 unspecified atom stereocenters. The lowest BCUT2D eigenvalue weighted by Gasteiger charge is -2.09. The number of carbonyl (C=O) groups is 2. The first-order valence-corrected chi connectivity index (χ1v) is 10.1. The molecule has 10 nitrogen and oxygen atoms in total. The van der Waals surface area contributed by atoms with Gasteiger partial charge in [0.25, 0.3) is 5.82 Å². The number of rotatable bonds is 6. The molecule has 32 heavy (non-hydrogen) atoms. The van der Waals surface area contributed by atoms with Crippen LogP contribution in [0.5, 0.6) is 5.75 Å². The Bertz CT molecular complexity index is 1290. The summed E-state index contributed by atoms with van der Waals surface area (Å²) in [6.07, 6.45) is 0. The lowest BCUT2D eigenvalue weighted by Crippen LogP contribution is -2.43. The molecule has 0 aliphatic carbocycles. The average molecular weight is 450 g/mol. The summed E-state index contributed by atoms with van der Waals surface area (Å²) in [5, 5.41) is 32.4. The van der Waals surface area contributed by atoms with Gasteiger partial charge in [-0.3, -0.25) is 0 Å². The number of aromatic carboxylic acids is 2. The van der Waals surface area contributed by atoms with Crippen molar-refractivity contribution in [2.45, 2.75) is 13.8 Å². The van der Waals surface area contributed by atoms with Gasteiger partial charge in [0.2, 0.25) is 0 Å². The van der Waals surface area contributed by atoms with E-state index in [4.69, 9.17) is 4.74 Å². The number of nitrogens with zero attached hydrogens (tertiary/aromatic N) is 5. The Morgan fingerprint density at radius 1 is 1.03 bits per heavy atom. The predicted octanol–water partition coefficient (Wildman–Crippen LogP) is 0.0199. The van der Waals surface area contributed by atoms with Crippen molar-refractivity contribution in [2.75, 3.05) is 7.11 Å². The SMILES string of the molecule is COc1ccc(-c2nn(-c3cc(C(=O)[O-])cc(C(=O)[O-])c3)[n+](-c3nc(C)c(C)s3)n2)cc1. The van der Waals surface area contributed by atoms with Crippen molar-refractivity contribution in [1.82, 2.24) is 20.0 Å². The zero-order valence-corrected chi connectivity index (χ0v) is 18.0. The molecule has 4 rings (SSSR count). The second kappa shape index (κ2) is 8.19. The van der Waals surface area contributed by atoms with Crippen molar-refractivity contribution in [3.63, 3.8) is 0 Å². The van der Waals surface area contributed by atoms with Crippen LogP contribution in [0.15, 0.2) is 42.5 Å². The summed E-state index contributed by atoms with van der Waals surface area (Å²) in [4.78, 5) is 31.0. The fraction of sp³-hybridized carbons (Fsp3) is 0.143. The third kappa shape index (κ3) is 3.93. The summed E-state index contributed by atoms with van der Waals surface area (Å²) in [7, 11) is 1.56. The van der Waals surface area contributed by atoms with Crippen molar-refractivity contribution in [3.8, 4) is 28.0 Å².